The summed E-state index contributed by atoms with van der Waals surface area (Å²) in [6.07, 6.45) is 0. The monoisotopic (exact) mass is 300 g/mol. The number of anilines is 2. The lowest BCUT2D eigenvalue weighted by molar-refractivity contribution is 0.0975. The van der Waals surface area contributed by atoms with Gasteiger partial charge in [-0.2, -0.15) is 11.8 Å². The number of ketones is 2. The fourth-order valence-corrected chi connectivity index (χ4v) is 2.57. The van der Waals surface area contributed by atoms with E-state index < -0.39 is 11.6 Å². The lowest BCUT2D eigenvalue weighted by atomic mass is 9.82. The summed E-state index contributed by atoms with van der Waals surface area (Å²) >= 11 is 0. The summed E-state index contributed by atoms with van der Waals surface area (Å²) in [5, 5.41) is 0. The van der Waals surface area contributed by atoms with Crippen molar-refractivity contribution in [2.24, 2.45) is 11.8 Å². The molecule has 1 aliphatic carbocycles. The van der Waals surface area contributed by atoms with Crippen LogP contribution in [0.5, 0.6) is 11.5 Å². The molecule has 0 bridgehead atoms. The SMILES string of the molecule is NOc1c(N)c(N)c2c(c1ON)C(=O)c1ccccc1C2=O. The molecule has 8 nitrogen and oxygen atoms in total. The van der Waals surface area contributed by atoms with Crippen molar-refractivity contribution in [1.82, 2.24) is 0 Å². The Morgan fingerprint density at radius 1 is 0.727 bits per heavy atom. The summed E-state index contributed by atoms with van der Waals surface area (Å²) in [7, 11) is 0. The number of carbonyl (C=O) groups excluding carboxylic acids is 2. The molecule has 0 spiro atoms. The molecule has 112 valence electrons. The maximum Gasteiger partial charge on any atom is 0.216 e. The van der Waals surface area contributed by atoms with Crippen molar-refractivity contribution < 1.29 is 19.3 Å². The molecule has 0 aromatic heterocycles. The number of rotatable bonds is 2. The van der Waals surface area contributed by atoms with Gasteiger partial charge in [0, 0.05) is 11.1 Å². The molecule has 3 rings (SSSR count). The van der Waals surface area contributed by atoms with E-state index in [9.17, 15) is 9.59 Å². The van der Waals surface area contributed by atoms with Gasteiger partial charge in [-0.3, -0.25) is 9.59 Å². The summed E-state index contributed by atoms with van der Waals surface area (Å²) in [4.78, 5) is 34.6. The third-order valence-corrected chi connectivity index (χ3v) is 3.59. The topological polar surface area (TPSA) is 157 Å². The van der Waals surface area contributed by atoms with Gasteiger partial charge in [0.25, 0.3) is 0 Å². The molecule has 1 aliphatic rings. The van der Waals surface area contributed by atoms with Crippen LogP contribution in [0.3, 0.4) is 0 Å². The van der Waals surface area contributed by atoms with E-state index in [0.717, 1.165) is 0 Å². The molecule has 0 heterocycles. The van der Waals surface area contributed by atoms with Gasteiger partial charge in [0.2, 0.25) is 11.5 Å². The fraction of sp³-hybridized carbons (Fsp3) is 0. The van der Waals surface area contributed by atoms with Crippen molar-refractivity contribution in [3.8, 4) is 11.5 Å². The highest BCUT2D eigenvalue weighted by molar-refractivity contribution is 6.32. The second-order valence-electron chi connectivity index (χ2n) is 4.68. The zero-order valence-electron chi connectivity index (χ0n) is 11.3. The second-order valence-corrected chi connectivity index (χ2v) is 4.68. The molecule has 8 heteroatoms. The highest BCUT2D eigenvalue weighted by Gasteiger charge is 2.37. The Morgan fingerprint density at radius 2 is 1.23 bits per heavy atom. The van der Waals surface area contributed by atoms with Gasteiger partial charge in [-0.1, -0.05) is 24.3 Å². The van der Waals surface area contributed by atoms with Gasteiger partial charge < -0.3 is 21.1 Å². The van der Waals surface area contributed by atoms with Gasteiger partial charge in [-0.05, 0) is 0 Å². The maximum absolute atomic E-state index is 12.7. The van der Waals surface area contributed by atoms with Crippen molar-refractivity contribution in [3.63, 3.8) is 0 Å². The average Bonchev–Trinajstić information content (AvgIpc) is 2.54. The minimum atomic E-state index is -0.476. The molecule has 2 aromatic rings. The van der Waals surface area contributed by atoms with Crippen molar-refractivity contribution >= 4 is 22.9 Å². The molecule has 22 heavy (non-hydrogen) atoms. The highest BCUT2D eigenvalue weighted by atomic mass is 16.7. The van der Waals surface area contributed by atoms with E-state index in [2.05, 4.69) is 4.84 Å². The summed E-state index contributed by atoms with van der Waals surface area (Å²) in [6.45, 7) is 0. The first-order valence-electron chi connectivity index (χ1n) is 6.19. The van der Waals surface area contributed by atoms with Crippen molar-refractivity contribution in [2.45, 2.75) is 0 Å². The molecule has 0 saturated heterocycles. The number of hydrogen-bond donors (Lipinski definition) is 4. The van der Waals surface area contributed by atoms with Crippen molar-refractivity contribution in [2.75, 3.05) is 11.5 Å². The third kappa shape index (κ3) is 1.59. The molecule has 0 amide bonds. The minimum absolute atomic E-state index is 0.0672. The van der Waals surface area contributed by atoms with Gasteiger partial charge >= 0.3 is 0 Å². The lowest BCUT2D eigenvalue weighted by Gasteiger charge is -2.23. The van der Waals surface area contributed by atoms with Crippen molar-refractivity contribution in [3.05, 3.63) is 46.5 Å². The molecule has 8 N–H and O–H groups in total. The number of benzene rings is 2. The Bertz CT molecular complexity index is 832. The Morgan fingerprint density at radius 3 is 1.73 bits per heavy atom. The van der Waals surface area contributed by atoms with E-state index in [1.807, 2.05) is 0 Å². The molecule has 0 aliphatic heterocycles. The number of carbonyl (C=O) groups is 2. The van der Waals surface area contributed by atoms with Gasteiger partial charge in [-0.25, -0.2) is 0 Å². The summed E-state index contributed by atoms with van der Waals surface area (Å²) in [5.41, 5.74) is 11.7. The van der Waals surface area contributed by atoms with E-state index in [1.54, 1.807) is 12.1 Å². The van der Waals surface area contributed by atoms with E-state index in [-0.39, 0.29) is 45.1 Å². The van der Waals surface area contributed by atoms with Crippen LogP contribution in [0.4, 0.5) is 11.4 Å². The van der Waals surface area contributed by atoms with Crippen LogP contribution in [0, 0.1) is 0 Å². The molecule has 0 unspecified atom stereocenters. The van der Waals surface area contributed by atoms with Crippen LogP contribution in [0.1, 0.15) is 31.8 Å². The third-order valence-electron chi connectivity index (χ3n) is 3.59. The molecular weight excluding hydrogens is 288 g/mol. The average molecular weight is 300 g/mol. The first-order chi connectivity index (χ1) is 10.5. The first kappa shape index (κ1) is 13.9. The van der Waals surface area contributed by atoms with Crippen LogP contribution in [0.25, 0.3) is 0 Å². The van der Waals surface area contributed by atoms with Gasteiger partial charge in [0.1, 0.15) is 5.69 Å². The van der Waals surface area contributed by atoms with Gasteiger partial charge in [-0.15, -0.1) is 0 Å². The molecule has 0 saturated carbocycles. The van der Waals surface area contributed by atoms with Gasteiger partial charge in [0.05, 0.1) is 16.8 Å². The fourth-order valence-electron chi connectivity index (χ4n) is 2.57. The number of nitrogen functional groups attached to an aromatic ring is 2. The summed E-state index contributed by atoms with van der Waals surface area (Å²) < 4.78 is 0. The van der Waals surface area contributed by atoms with Crippen LogP contribution in [-0.4, -0.2) is 11.6 Å². The highest BCUT2D eigenvalue weighted by Crippen LogP contribution is 2.46. The first-order valence-corrected chi connectivity index (χ1v) is 6.19. The summed E-state index contributed by atoms with van der Waals surface area (Å²) in [6, 6.07) is 6.34. The van der Waals surface area contributed by atoms with Crippen molar-refractivity contribution in [1.29, 1.82) is 0 Å². The van der Waals surface area contributed by atoms with E-state index in [1.165, 1.54) is 12.1 Å². The Kier molecular flexibility index (Phi) is 2.98. The quantitative estimate of drug-likeness (QED) is 0.384. The van der Waals surface area contributed by atoms with E-state index in [0.29, 0.717) is 0 Å². The zero-order chi connectivity index (χ0) is 16.0. The maximum atomic E-state index is 12.7. The molecule has 2 aromatic carbocycles. The van der Waals surface area contributed by atoms with Gasteiger partial charge in [0.15, 0.2) is 11.6 Å². The number of fused-ring (bicyclic) bond motifs is 2. The summed E-state index contributed by atoms with van der Waals surface area (Å²) in [5.74, 6) is 8.99. The van der Waals surface area contributed by atoms with Crippen LogP contribution in [0.2, 0.25) is 0 Å². The van der Waals surface area contributed by atoms with Crippen LogP contribution in [-0.2, 0) is 0 Å². The molecule has 0 fully saturated rings. The minimum Gasteiger partial charge on any atom is -0.407 e. The second kappa shape index (κ2) is 4.72. The Hall–Kier alpha value is -3.10. The van der Waals surface area contributed by atoms with Crippen LogP contribution < -0.4 is 32.9 Å². The largest absolute Gasteiger partial charge is 0.407 e. The number of hydrogen-bond acceptors (Lipinski definition) is 8. The molecular formula is C14H12N4O4. The molecule has 0 radical (unpaired) electrons. The smallest absolute Gasteiger partial charge is 0.216 e. The predicted molar refractivity (Wildman–Crippen MR) is 78.2 cm³/mol. The Balaban J connectivity index is 2.45. The van der Waals surface area contributed by atoms with Crippen LogP contribution in [0.15, 0.2) is 24.3 Å². The zero-order valence-corrected chi connectivity index (χ0v) is 11.3. The lowest BCUT2D eigenvalue weighted by Crippen LogP contribution is -2.26. The standard InChI is InChI=1S/C14H12N4O4/c15-9-7-8(13(21-17)14(22-18)10(9)16)12(20)6-4-2-1-3-5(6)11(7)19/h1-4H,15-18H2. The Labute approximate surface area is 124 Å². The predicted octanol–water partition coefficient (Wildman–Crippen LogP) is 0.131. The number of nitrogens with two attached hydrogens (primary N) is 4. The normalized spacial score (nSPS) is 12.6. The van der Waals surface area contributed by atoms with E-state index in [4.69, 9.17) is 28.1 Å². The molecule has 0 atom stereocenters. The van der Waals surface area contributed by atoms with E-state index >= 15 is 0 Å². The van der Waals surface area contributed by atoms with Crippen LogP contribution >= 0.6 is 0 Å².